The van der Waals surface area contributed by atoms with Crippen LogP contribution in [0.4, 0.5) is 5.69 Å². The zero-order valence-electron chi connectivity index (χ0n) is 9.93. The van der Waals surface area contributed by atoms with E-state index in [4.69, 9.17) is 5.73 Å². The monoisotopic (exact) mass is 251 g/mol. The molecule has 2 N–H and O–H groups in total. The first-order valence-corrected chi connectivity index (χ1v) is 6.88. The van der Waals surface area contributed by atoms with Crippen LogP contribution in [0.3, 0.4) is 0 Å². The van der Waals surface area contributed by atoms with Crippen molar-refractivity contribution in [2.75, 3.05) is 24.6 Å². The lowest BCUT2D eigenvalue weighted by Gasteiger charge is -2.31. The lowest BCUT2D eigenvalue weighted by Crippen LogP contribution is -2.42. The second-order valence-corrected chi connectivity index (χ2v) is 5.50. The van der Waals surface area contributed by atoms with Gasteiger partial charge in [-0.3, -0.25) is 4.79 Å². The summed E-state index contributed by atoms with van der Waals surface area (Å²) in [5.74, 6) is 0.957. The summed E-state index contributed by atoms with van der Waals surface area (Å²) < 4.78 is 0. The van der Waals surface area contributed by atoms with Gasteiger partial charge >= 0.3 is 0 Å². The maximum Gasteiger partial charge on any atom is 0.274 e. The summed E-state index contributed by atoms with van der Waals surface area (Å²) in [5, 5.41) is 0.539. The highest BCUT2D eigenvalue weighted by Crippen LogP contribution is 2.22. The molecule has 17 heavy (non-hydrogen) atoms. The van der Waals surface area contributed by atoms with Gasteiger partial charge < -0.3 is 10.6 Å². The first-order valence-electron chi connectivity index (χ1n) is 5.83. The van der Waals surface area contributed by atoms with E-state index in [0.29, 0.717) is 16.6 Å². The minimum Gasteiger partial charge on any atom is -0.397 e. The summed E-state index contributed by atoms with van der Waals surface area (Å²) in [6.07, 6.45) is 2.70. The van der Waals surface area contributed by atoms with Gasteiger partial charge in [-0.1, -0.05) is 6.92 Å². The standard InChI is InChI=1S/C12H17N3OS/c1-2-9-8-15(6-7-17-9)12(16)11-10(13)4-3-5-14-11/h3-5,9H,2,6-8,13H2,1H3. The normalized spacial score (nSPS) is 20.3. The molecule has 1 aliphatic heterocycles. The number of carbonyl (C=O) groups excluding carboxylic acids is 1. The first kappa shape index (κ1) is 12.2. The molecule has 5 heteroatoms. The van der Waals surface area contributed by atoms with Crippen LogP contribution in [0.15, 0.2) is 18.3 Å². The van der Waals surface area contributed by atoms with Crippen LogP contribution in [0.5, 0.6) is 0 Å². The van der Waals surface area contributed by atoms with Crippen molar-refractivity contribution in [2.24, 2.45) is 0 Å². The average molecular weight is 251 g/mol. The van der Waals surface area contributed by atoms with Crippen molar-refractivity contribution >= 4 is 23.4 Å². The van der Waals surface area contributed by atoms with Crippen molar-refractivity contribution in [2.45, 2.75) is 18.6 Å². The van der Waals surface area contributed by atoms with Crippen molar-refractivity contribution in [3.63, 3.8) is 0 Å². The van der Waals surface area contributed by atoms with Crippen molar-refractivity contribution in [3.8, 4) is 0 Å². The largest absolute Gasteiger partial charge is 0.397 e. The number of amides is 1. The Kier molecular flexibility index (Phi) is 3.89. The molecule has 1 amide bonds. The van der Waals surface area contributed by atoms with Gasteiger partial charge in [0, 0.05) is 30.3 Å². The van der Waals surface area contributed by atoms with Crippen molar-refractivity contribution < 1.29 is 4.79 Å². The lowest BCUT2D eigenvalue weighted by molar-refractivity contribution is 0.0756. The lowest BCUT2D eigenvalue weighted by atomic mass is 10.2. The first-order chi connectivity index (χ1) is 8.22. The molecule has 1 atom stereocenters. The van der Waals surface area contributed by atoms with E-state index in [1.54, 1.807) is 18.3 Å². The summed E-state index contributed by atoms with van der Waals surface area (Å²) >= 11 is 1.94. The van der Waals surface area contributed by atoms with Gasteiger partial charge in [-0.05, 0) is 18.6 Å². The van der Waals surface area contributed by atoms with E-state index in [-0.39, 0.29) is 5.91 Å². The Morgan fingerprint density at radius 2 is 2.53 bits per heavy atom. The van der Waals surface area contributed by atoms with Gasteiger partial charge in [0.15, 0.2) is 5.69 Å². The Labute approximate surface area is 106 Å². The summed E-state index contributed by atoms with van der Waals surface area (Å²) in [6, 6.07) is 3.46. The molecular formula is C12H17N3OS. The number of pyridine rings is 1. The second-order valence-electron chi connectivity index (χ2n) is 4.09. The number of hydrogen-bond donors (Lipinski definition) is 1. The number of aromatic nitrogens is 1. The van der Waals surface area contributed by atoms with Crippen LogP contribution in [-0.2, 0) is 0 Å². The van der Waals surface area contributed by atoms with Gasteiger partial charge in [0.2, 0.25) is 0 Å². The fraction of sp³-hybridized carbons (Fsp3) is 0.500. The molecule has 1 saturated heterocycles. The van der Waals surface area contributed by atoms with Crippen LogP contribution in [0.2, 0.25) is 0 Å². The minimum absolute atomic E-state index is 0.0400. The number of carbonyl (C=O) groups is 1. The number of hydrogen-bond acceptors (Lipinski definition) is 4. The number of nitrogens with zero attached hydrogens (tertiary/aromatic N) is 2. The fourth-order valence-electron chi connectivity index (χ4n) is 1.90. The van der Waals surface area contributed by atoms with Crippen LogP contribution in [-0.4, -0.2) is 39.9 Å². The Balaban J connectivity index is 2.12. The second kappa shape index (κ2) is 5.40. The summed E-state index contributed by atoms with van der Waals surface area (Å²) in [6.45, 7) is 3.74. The maximum absolute atomic E-state index is 12.3. The van der Waals surface area contributed by atoms with Crippen molar-refractivity contribution in [3.05, 3.63) is 24.0 Å². The van der Waals surface area contributed by atoms with E-state index in [1.165, 1.54) is 0 Å². The quantitative estimate of drug-likeness (QED) is 0.868. The zero-order chi connectivity index (χ0) is 12.3. The molecule has 92 valence electrons. The molecule has 2 rings (SSSR count). The molecule has 0 aromatic carbocycles. The number of anilines is 1. The van der Waals surface area contributed by atoms with E-state index in [1.807, 2.05) is 16.7 Å². The van der Waals surface area contributed by atoms with Crippen molar-refractivity contribution in [1.29, 1.82) is 0 Å². The van der Waals surface area contributed by atoms with E-state index in [2.05, 4.69) is 11.9 Å². The molecule has 0 radical (unpaired) electrons. The number of nitrogens with two attached hydrogens (primary N) is 1. The van der Waals surface area contributed by atoms with E-state index >= 15 is 0 Å². The molecule has 1 fully saturated rings. The third kappa shape index (κ3) is 2.72. The predicted octanol–water partition coefficient (Wildman–Crippen LogP) is 1.63. The van der Waals surface area contributed by atoms with Crippen molar-refractivity contribution in [1.82, 2.24) is 9.88 Å². The van der Waals surface area contributed by atoms with Crippen LogP contribution >= 0.6 is 11.8 Å². The van der Waals surface area contributed by atoms with Crippen LogP contribution in [0.25, 0.3) is 0 Å². The molecule has 0 saturated carbocycles. The third-order valence-corrected chi connectivity index (χ3v) is 4.29. The highest BCUT2D eigenvalue weighted by Gasteiger charge is 2.25. The highest BCUT2D eigenvalue weighted by molar-refractivity contribution is 8.00. The third-order valence-electron chi connectivity index (χ3n) is 2.92. The maximum atomic E-state index is 12.3. The molecular weight excluding hydrogens is 234 g/mol. The molecule has 1 aromatic rings. The number of rotatable bonds is 2. The van der Waals surface area contributed by atoms with Crippen LogP contribution in [0, 0.1) is 0 Å². The molecule has 1 unspecified atom stereocenters. The number of thioether (sulfide) groups is 1. The zero-order valence-corrected chi connectivity index (χ0v) is 10.7. The predicted molar refractivity (Wildman–Crippen MR) is 71.1 cm³/mol. The van der Waals surface area contributed by atoms with Gasteiger partial charge in [0.1, 0.15) is 0 Å². The Bertz CT molecular complexity index is 410. The van der Waals surface area contributed by atoms with Crippen LogP contribution in [0.1, 0.15) is 23.8 Å². The molecule has 0 bridgehead atoms. The fourth-order valence-corrected chi connectivity index (χ4v) is 3.08. The van der Waals surface area contributed by atoms with Gasteiger partial charge in [0.05, 0.1) is 5.69 Å². The Morgan fingerprint density at radius 3 is 3.24 bits per heavy atom. The molecule has 1 aliphatic rings. The summed E-state index contributed by atoms with van der Waals surface area (Å²) in [7, 11) is 0. The summed E-state index contributed by atoms with van der Waals surface area (Å²) in [5.41, 5.74) is 6.63. The molecule has 2 heterocycles. The average Bonchev–Trinajstić information content (AvgIpc) is 2.38. The van der Waals surface area contributed by atoms with Gasteiger partial charge in [-0.15, -0.1) is 0 Å². The highest BCUT2D eigenvalue weighted by atomic mass is 32.2. The molecule has 1 aromatic heterocycles. The topological polar surface area (TPSA) is 59.2 Å². The van der Waals surface area contributed by atoms with Gasteiger partial charge in [0.25, 0.3) is 5.91 Å². The SMILES string of the molecule is CCC1CN(C(=O)c2ncccc2N)CCS1. The van der Waals surface area contributed by atoms with E-state index in [0.717, 1.165) is 25.3 Å². The van der Waals surface area contributed by atoms with Crippen LogP contribution < -0.4 is 5.73 Å². The van der Waals surface area contributed by atoms with Gasteiger partial charge in [-0.2, -0.15) is 11.8 Å². The van der Waals surface area contributed by atoms with E-state index in [9.17, 15) is 4.79 Å². The Hall–Kier alpha value is -1.23. The van der Waals surface area contributed by atoms with Gasteiger partial charge in [-0.25, -0.2) is 4.98 Å². The van der Waals surface area contributed by atoms with E-state index < -0.39 is 0 Å². The number of nitrogen functional groups attached to an aromatic ring is 1. The minimum atomic E-state index is -0.0400. The molecule has 0 spiro atoms. The molecule has 4 nitrogen and oxygen atoms in total. The Morgan fingerprint density at radius 1 is 1.71 bits per heavy atom. The summed E-state index contributed by atoms with van der Waals surface area (Å²) in [4.78, 5) is 18.2. The molecule has 0 aliphatic carbocycles. The smallest absolute Gasteiger partial charge is 0.274 e.